The van der Waals surface area contributed by atoms with Crippen LogP contribution >= 0.6 is 0 Å². The minimum Gasteiger partial charge on any atom is -0.497 e. The molecule has 1 aromatic rings. The standard InChI is InChI=1S/C21H20O5/c1-23-15-7-5-13-6-9-17(16(13)10-8-15)20(22)14-11-18(24-2)21(26-4)19(12-14)25-3/h5-12H,1-4H3. The molecular formula is C21H20O5. The van der Waals surface area contributed by atoms with Gasteiger partial charge in [0.1, 0.15) is 5.75 Å². The van der Waals surface area contributed by atoms with Crippen LogP contribution in [0, 0.1) is 0 Å². The highest BCUT2D eigenvalue weighted by molar-refractivity contribution is 6.14. The maximum Gasteiger partial charge on any atom is 0.203 e. The highest BCUT2D eigenvalue weighted by atomic mass is 16.5. The van der Waals surface area contributed by atoms with Gasteiger partial charge in [0.05, 0.1) is 28.4 Å². The van der Waals surface area contributed by atoms with Gasteiger partial charge >= 0.3 is 0 Å². The topological polar surface area (TPSA) is 54.0 Å². The summed E-state index contributed by atoms with van der Waals surface area (Å²) in [6.07, 6.45) is 0. The molecule has 2 aliphatic rings. The van der Waals surface area contributed by atoms with Gasteiger partial charge in [0.2, 0.25) is 5.75 Å². The van der Waals surface area contributed by atoms with E-state index in [1.807, 2.05) is 36.4 Å². The van der Waals surface area contributed by atoms with Crippen molar-refractivity contribution in [2.45, 2.75) is 0 Å². The van der Waals surface area contributed by atoms with E-state index in [4.69, 9.17) is 18.9 Å². The van der Waals surface area contributed by atoms with Crippen LogP contribution in [0.3, 0.4) is 0 Å². The first-order valence-electron chi connectivity index (χ1n) is 8.04. The van der Waals surface area contributed by atoms with Gasteiger partial charge in [0, 0.05) is 11.1 Å². The van der Waals surface area contributed by atoms with Crippen LogP contribution in [0.5, 0.6) is 23.0 Å². The molecular weight excluding hydrogens is 332 g/mol. The summed E-state index contributed by atoms with van der Waals surface area (Å²) >= 11 is 0. The summed E-state index contributed by atoms with van der Waals surface area (Å²) in [5, 5.41) is 0. The maximum atomic E-state index is 13.1. The summed E-state index contributed by atoms with van der Waals surface area (Å²) in [5.74, 6) is 1.95. The molecule has 0 radical (unpaired) electrons. The van der Waals surface area contributed by atoms with E-state index >= 15 is 0 Å². The predicted octanol–water partition coefficient (Wildman–Crippen LogP) is 4.06. The molecule has 0 aliphatic heterocycles. The fourth-order valence-electron chi connectivity index (χ4n) is 2.93. The Hall–Kier alpha value is -3.21. The highest BCUT2D eigenvalue weighted by Gasteiger charge is 2.21. The fraction of sp³-hybridized carbons (Fsp3) is 0.190. The monoisotopic (exact) mass is 352 g/mol. The Morgan fingerprint density at radius 1 is 0.731 bits per heavy atom. The summed E-state index contributed by atoms with van der Waals surface area (Å²) in [7, 11) is 6.19. The molecule has 5 heteroatoms. The van der Waals surface area contributed by atoms with Crippen LogP contribution < -0.4 is 18.9 Å². The number of rotatable bonds is 6. The molecule has 2 aliphatic carbocycles. The third kappa shape index (κ3) is 3.04. The number of carbonyl (C=O) groups excluding carboxylic acids is 1. The van der Waals surface area contributed by atoms with Crippen LogP contribution in [-0.4, -0.2) is 34.2 Å². The average Bonchev–Trinajstić information content (AvgIpc) is 2.97. The van der Waals surface area contributed by atoms with E-state index in [9.17, 15) is 4.79 Å². The molecule has 0 saturated heterocycles. The zero-order valence-electron chi connectivity index (χ0n) is 15.2. The molecule has 1 aromatic carbocycles. The number of ketones is 1. The molecule has 134 valence electrons. The van der Waals surface area contributed by atoms with Gasteiger partial charge in [-0.3, -0.25) is 4.79 Å². The Labute approximate surface area is 152 Å². The van der Waals surface area contributed by atoms with E-state index in [-0.39, 0.29) is 5.78 Å². The predicted molar refractivity (Wildman–Crippen MR) is 99.1 cm³/mol. The van der Waals surface area contributed by atoms with Gasteiger partial charge in [-0.25, -0.2) is 0 Å². The summed E-state index contributed by atoms with van der Waals surface area (Å²) in [6.45, 7) is 0. The first kappa shape index (κ1) is 17.6. The van der Waals surface area contributed by atoms with Crippen LogP contribution in [-0.2, 0) is 0 Å². The maximum absolute atomic E-state index is 13.1. The van der Waals surface area contributed by atoms with Crippen LogP contribution in [0.4, 0.5) is 0 Å². The molecule has 0 N–H and O–H groups in total. The van der Waals surface area contributed by atoms with Crippen LogP contribution in [0.25, 0.3) is 11.1 Å². The molecule has 0 fully saturated rings. The zero-order chi connectivity index (χ0) is 18.7. The summed E-state index contributed by atoms with van der Waals surface area (Å²) in [5.41, 5.74) is 2.88. The van der Waals surface area contributed by atoms with E-state index in [1.54, 1.807) is 19.2 Å². The number of methoxy groups -OCH3 is 4. The van der Waals surface area contributed by atoms with E-state index < -0.39 is 0 Å². The Morgan fingerprint density at radius 2 is 1.35 bits per heavy atom. The molecule has 0 spiro atoms. The molecule has 0 heterocycles. The number of carbonyl (C=O) groups is 1. The number of hydrogen-bond donors (Lipinski definition) is 0. The van der Waals surface area contributed by atoms with Crippen LogP contribution in [0.1, 0.15) is 15.9 Å². The second-order valence-corrected chi connectivity index (χ2v) is 5.63. The van der Waals surface area contributed by atoms with Crippen molar-refractivity contribution in [1.82, 2.24) is 0 Å². The Bertz CT molecular complexity index is 891. The van der Waals surface area contributed by atoms with Crippen molar-refractivity contribution in [2.75, 3.05) is 28.4 Å². The van der Waals surface area contributed by atoms with E-state index in [0.29, 0.717) is 28.4 Å². The van der Waals surface area contributed by atoms with E-state index in [1.165, 1.54) is 21.3 Å². The molecule has 0 bridgehead atoms. The van der Waals surface area contributed by atoms with Crippen LogP contribution in [0.15, 0.2) is 48.5 Å². The molecule has 0 saturated carbocycles. The SMILES string of the molecule is COc1ccc2ccc(C(=O)c3cc(OC)c(OC)c(OC)c3)c-2cc1. The van der Waals surface area contributed by atoms with Crippen molar-refractivity contribution in [3.63, 3.8) is 0 Å². The lowest BCUT2D eigenvalue weighted by Gasteiger charge is -2.13. The highest BCUT2D eigenvalue weighted by Crippen LogP contribution is 2.39. The zero-order valence-corrected chi connectivity index (χ0v) is 15.2. The van der Waals surface area contributed by atoms with Gasteiger partial charge in [0.25, 0.3) is 0 Å². The largest absolute Gasteiger partial charge is 0.497 e. The molecule has 3 rings (SSSR count). The van der Waals surface area contributed by atoms with Gasteiger partial charge < -0.3 is 18.9 Å². The number of hydrogen-bond acceptors (Lipinski definition) is 5. The molecule has 0 atom stereocenters. The van der Waals surface area contributed by atoms with Crippen molar-refractivity contribution in [3.8, 4) is 34.1 Å². The minimum atomic E-state index is -0.121. The lowest BCUT2D eigenvalue weighted by molar-refractivity contribution is 0.103. The first-order chi connectivity index (χ1) is 12.6. The Kier molecular flexibility index (Phi) is 4.98. The van der Waals surface area contributed by atoms with Crippen molar-refractivity contribution >= 4 is 5.78 Å². The number of fused-ring (bicyclic) bond motifs is 1. The second-order valence-electron chi connectivity index (χ2n) is 5.63. The van der Waals surface area contributed by atoms with Crippen LogP contribution in [0.2, 0.25) is 0 Å². The van der Waals surface area contributed by atoms with Gasteiger partial charge in [-0.2, -0.15) is 0 Å². The lowest BCUT2D eigenvalue weighted by atomic mass is 10.00. The summed E-state index contributed by atoms with van der Waals surface area (Å²) in [4.78, 5) is 13.1. The Balaban J connectivity index is 2.09. The van der Waals surface area contributed by atoms with Crippen molar-refractivity contribution in [1.29, 1.82) is 0 Å². The van der Waals surface area contributed by atoms with Gasteiger partial charge in [-0.15, -0.1) is 0 Å². The quantitative estimate of drug-likeness (QED) is 0.626. The lowest BCUT2D eigenvalue weighted by Crippen LogP contribution is -2.04. The van der Waals surface area contributed by atoms with E-state index in [2.05, 4.69) is 0 Å². The van der Waals surface area contributed by atoms with Crippen molar-refractivity contribution in [3.05, 3.63) is 59.7 Å². The Morgan fingerprint density at radius 3 is 1.92 bits per heavy atom. The van der Waals surface area contributed by atoms with Gasteiger partial charge in [-0.1, -0.05) is 12.1 Å². The third-order valence-electron chi connectivity index (χ3n) is 4.28. The minimum absolute atomic E-state index is 0.121. The fourth-order valence-corrected chi connectivity index (χ4v) is 2.93. The van der Waals surface area contributed by atoms with E-state index in [0.717, 1.165) is 16.9 Å². The average molecular weight is 352 g/mol. The molecule has 0 unspecified atom stereocenters. The molecule has 5 nitrogen and oxygen atoms in total. The number of benzene rings is 1. The summed E-state index contributed by atoms with van der Waals surface area (Å²) < 4.78 is 21.3. The first-order valence-corrected chi connectivity index (χ1v) is 8.04. The smallest absolute Gasteiger partial charge is 0.203 e. The van der Waals surface area contributed by atoms with Gasteiger partial charge in [-0.05, 0) is 47.5 Å². The third-order valence-corrected chi connectivity index (χ3v) is 4.28. The van der Waals surface area contributed by atoms with Gasteiger partial charge in [0.15, 0.2) is 17.3 Å². The summed E-state index contributed by atoms with van der Waals surface area (Å²) in [6, 6.07) is 14.6. The number of ether oxygens (including phenoxy) is 4. The van der Waals surface area contributed by atoms with Crippen molar-refractivity contribution in [2.24, 2.45) is 0 Å². The molecule has 26 heavy (non-hydrogen) atoms. The molecule has 0 amide bonds. The molecule has 0 aromatic heterocycles. The van der Waals surface area contributed by atoms with Crippen molar-refractivity contribution < 1.29 is 23.7 Å². The normalized spacial score (nSPS) is 10.5. The second kappa shape index (κ2) is 7.35.